The molecule has 1 N–H and O–H groups in total. The Morgan fingerprint density at radius 3 is 2.72 bits per heavy atom. The second-order valence-electron chi connectivity index (χ2n) is 5.66. The van der Waals surface area contributed by atoms with Crippen molar-refractivity contribution < 1.29 is 0 Å². The van der Waals surface area contributed by atoms with Gasteiger partial charge in [-0.15, -0.1) is 0 Å². The Kier molecular flexibility index (Phi) is 4.78. The largest absolute Gasteiger partial charge is 0.314 e. The highest BCUT2D eigenvalue weighted by Crippen LogP contribution is 2.19. The van der Waals surface area contributed by atoms with Crippen LogP contribution in [0.25, 0.3) is 0 Å². The molecule has 1 aromatic rings. The van der Waals surface area contributed by atoms with Gasteiger partial charge in [-0.3, -0.25) is 4.68 Å². The second kappa shape index (κ2) is 6.34. The lowest BCUT2D eigenvalue weighted by atomic mass is 9.90. The first kappa shape index (κ1) is 13.6. The van der Waals surface area contributed by atoms with Crippen molar-refractivity contribution in [3.05, 3.63) is 18.0 Å². The first-order chi connectivity index (χ1) is 8.65. The fourth-order valence-electron chi connectivity index (χ4n) is 2.74. The van der Waals surface area contributed by atoms with E-state index in [-0.39, 0.29) is 0 Å². The molecule has 0 radical (unpaired) electrons. The van der Waals surface area contributed by atoms with Gasteiger partial charge in [-0.1, -0.05) is 0 Å². The molecule has 2 rings (SSSR count). The van der Waals surface area contributed by atoms with Crippen molar-refractivity contribution in [2.45, 2.75) is 32.2 Å². The van der Waals surface area contributed by atoms with E-state index in [0.717, 1.165) is 18.9 Å². The normalized spacial score (nSPS) is 20.2. The van der Waals surface area contributed by atoms with Gasteiger partial charge in [0, 0.05) is 19.3 Å². The van der Waals surface area contributed by atoms with E-state index >= 15 is 0 Å². The molecule has 0 saturated carbocycles. The van der Waals surface area contributed by atoms with E-state index in [1.54, 1.807) is 0 Å². The fraction of sp³-hybridized carbons (Fsp3) is 0.786. The molecule has 1 saturated heterocycles. The van der Waals surface area contributed by atoms with Crippen LogP contribution in [0, 0.1) is 5.92 Å². The minimum atomic E-state index is 0.635. The van der Waals surface area contributed by atoms with E-state index in [9.17, 15) is 0 Å². The fourth-order valence-corrected chi connectivity index (χ4v) is 2.74. The topological polar surface area (TPSA) is 33.1 Å². The molecule has 1 fully saturated rings. The lowest BCUT2D eigenvalue weighted by Crippen LogP contribution is -2.41. The highest BCUT2D eigenvalue weighted by atomic mass is 15.2. The van der Waals surface area contributed by atoms with E-state index in [1.807, 2.05) is 17.9 Å². The number of hydrogen-bond donors (Lipinski definition) is 1. The Hall–Kier alpha value is -0.870. The molecule has 1 unspecified atom stereocenters. The number of hydrogen-bond acceptors (Lipinski definition) is 3. The van der Waals surface area contributed by atoms with Gasteiger partial charge in [0.05, 0.1) is 6.20 Å². The summed E-state index contributed by atoms with van der Waals surface area (Å²) in [4.78, 5) is 2.43. The molecule has 18 heavy (non-hydrogen) atoms. The maximum atomic E-state index is 4.20. The summed E-state index contributed by atoms with van der Waals surface area (Å²) in [6, 6.07) is 0.635. The number of nitrogens with one attached hydrogen (secondary N) is 1. The SMILES string of the molecule is CC(NCCc1cnn(C)c1)C1CCN(C)CC1. The van der Waals surface area contributed by atoms with E-state index < -0.39 is 0 Å². The van der Waals surface area contributed by atoms with Gasteiger partial charge in [-0.2, -0.15) is 5.10 Å². The summed E-state index contributed by atoms with van der Waals surface area (Å²) in [5.74, 6) is 0.843. The zero-order valence-corrected chi connectivity index (χ0v) is 11.9. The Balaban J connectivity index is 1.67. The van der Waals surface area contributed by atoms with Gasteiger partial charge in [0.2, 0.25) is 0 Å². The highest BCUT2D eigenvalue weighted by molar-refractivity contribution is 5.03. The van der Waals surface area contributed by atoms with Crippen LogP contribution in [-0.2, 0) is 13.5 Å². The van der Waals surface area contributed by atoms with Crippen LogP contribution in [0.1, 0.15) is 25.3 Å². The molecule has 1 aliphatic rings. The van der Waals surface area contributed by atoms with Crippen LogP contribution in [0.3, 0.4) is 0 Å². The number of rotatable bonds is 5. The molecule has 4 heteroatoms. The van der Waals surface area contributed by atoms with E-state index in [0.29, 0.717) is 6.04 Å². The summed E-state index contributed by atoms with van der Waals surface area (Å²) >= 11 is 0. The lowest BCUT2D eigenvalue weighted by Gasteiger charge is -2.33. The van der Waals surface area contributed by atoms with Crippen LogP contribution in [-0.4, -0.2) is 47.4 Å². The van der Waals surface area contributed by atoms with Crippen molar-refractivity contribution in [3.8, 4) is 0 Å². The van der Waals surface area contributed by atoms with Crippen LogP contribution in [0.4, 0.5) is 0 Å². The Morgan fingerprint density at radius 1 is 1.39 bits per heavy atom. The third-order valence-corrected chi connectivity index (χ3v) is 4.11. The Bertz CT molecular complexity index is 352. The molecule has 102 valence electrons. The van der Waals surface area contributed by atoms with Crippen molar-refractivity contribution in [2.24, 2.45) is 13.0 Å². The van der Waals surface area contributed by atoms with E-state index in [2.05, 4.69) is 35.5 Å². The summed E-state index contributed by atoms with van der Waals surface area (Å²) in [5.41, 5.74) is 1.32. The maximum Gasteiger partial charge on any atom is 0.0522 e. The molecule has 0 spiro atoms. The monoisotopic (exact) mass is 250 g/mol. The molecule has 2 heterocycles. The van der Waals surface area contributed by atoms with Gasteiger partial charge in [0.1, 0.15) is 0 Å². The van der Waals surface area contributed by atoms with Crippen molar-refractivity contribution in [2.75, 3.05) is 26.7 Å². The first-order valence-electron chi connectivity index (χ1n) is 7.04. The molecule has 1 aliphatic heterocycles. The lowest BCUT2D eigenvalue weighted by molar-refractivity contribution is 0.190. The molecule has 0 aliphatic carbocycles. The third-order valence-electron chi connectivity index (χ3n) is 4.11. The molecular weight excluding hydrogens is 224 g/mol. The van der Waals surface area contributed by atoms with Crippen molar-refractivity contribution in [1.82, 2.24) is 20.0 Å². The smallest absolute Gasteiger partial charge is 0.0522 e. The maximum absolute atomic E-state index is 4.20. The van der Waals surface area contributed by atoms with Crippen molar-refractivity contribution >= 4 is 0 Å². The second-order valence-corrected chi connectivity index (χ2v) is 5.66. The number of nitrogens with zero attached hydrogens (tertiary/aromatic N) is 3. The average Bonchev–Trinajstić information content (AvgIpc) is 2.76. The molecule has 1 atom stereocenters. The van der Waals surface area contributed by atoms with Gasteiger partial charge in [-0.25, -0.2) is 0 Å². The molecule has 4 nitrogen and oxygen atoms in total. The molecule has 1 aromatic heterocycles. The average molecular weight is 250 g/mol. The predicted octanol–water partition coefficient (Wildman–Crippen LogP) is 1.28. The van der Waals surface area contributed by atoms with Gasteiger partial charge in [0.25, 0.3) is 0 Å². The summed E-state index contributed by atoms with van der Waals surface area (Å²) in [6.07, 6.45) is 7.80. The molecule has 0 aromatic carbocycles. The van der Waals surface area contributed by atoms with Crippen molar-refractivity contribution in [3.63, 3.8) is 0 Å². The predicted molar refractivity (Wildman–Crippen MR) is 74.6 cm³/mol. The molecule has 0 bridgehead atoms. The first-order valence-corrected chi connectivity index (χ1v) is 7.04. The quantitative estimate of drug-likeness (QED) is 0.854. The van der Waals surface area contributed by atoms with Gasteiger partial charge < -0.3 is 10.2 Å². The number of aromatic nitrogens is 2. The highest BCUT2D eigenvalue weighted by Gasteiger charge is 2.21. The van der Waals surface area contributed by atoms with Gasteiger partial charge >= 0.3 is 0 Å². The molecular formula is C14H26N4. The van der Waals surface area contributed by atoms with E-state index in [1.165, 1.54) is 31.5 Å². The summed E-state index contributed by atoms with van der Waals surface area (Å²) in [7, 11) is 4.19. The zero-order valence-electron chi connectivity index (χ0n) is 11.9. The van der Waals surface area contributed by atoms with Gasteiger partial charge in [-0.05, 0) is 64.3 Å². The molecule has 0 amide bonds. The number of aryl methyl sites for hydroxylation is 1. The van der Waals surface area contributed by atoms with E-state index in [4.69, 9.17) is 0 Å². The van der Waals surface area contributed by atoms with Crippen molar-refractivity contribution in [1.29, 1.82) is 0 Å². The summed E-state index contributed by atoms with van der Waals surface area (Å²) in [6.45, 7) is 5.89. The van der Waals surface area contributed by atoms with Crippen LogP contribution < -0.4 is 5.32 Å². The number of likely N-dealkylation sites (tertiary alicyclic amines) is 1. The van der Waals surface area contributed by atoms with Crippen LogP contribution >= 0.6 is 0 Å². The standard InChI is InChI=1S/C14H26N4/c1-12(14-5-8-17(2)9-6-14)15-7-4-13-10-16-18(3)11-13/h10-12,14-15H,4-9H2,1-3H3. The Labute approximate surface area is 110 Å². The van der Waals surface area contributed by atoms with Gasteiger partial charge in [0.15, 0.2) is 0 Å². The Morgan fingerprint density at radius 2 is 2.11 bits per heavy atom. The zero-order chi connectivity index (χ0) is 13.0. The third kappa shape index (κ3) is 3.82. The summed E-state index contributed by atoms with van der Waals surface area (Å²) < 4.78 is 1.87. The minimum absolute atomic E-state index is 0.635. The number of piperidine rings is 1. The minimum Gasteiger partial charge on any atom is -0.314 e. The summed E-state index contributed by atoms with van der Waals surface area (Å²) in [5, 5.41) is 7.87. The van der Waals surface area contributed by atoms with Crippen LogP contribution in [0.2, 0.25) is 0 Å². The van der Waals surface area contributed by atoms with Crippen LogP contribution in [0.15, 0.2) is 12.4 Å². The van der Waals surface area contributed by atoms with Crippen LogP contribution in [0.5, 0.6) is 0 Å².